The Labute approximate surface area is 163 Å². The molecule has 0 atom stereocenters. The number of H-pyrrole nitrogens is 1. The number of aromatic nitrogens is 1. The lowest BCUT2D eigenvalue weighted by Crippen LogP contribution is -2.37. The van der Waals surface area contributed by atoms with Gasteiger partial charge in [0, 0.05) is 47.5 Å². The van der Waals surface area contributed by atoms with E-state index in [0.29, 0.717) is 30.3 Å². The van der Waals surface area contributed by atoms with Crippen LogP contribution in [0.3, 0.4) is 0 Å². The van der Waals surface area contributed by atoms with Crippen LogP contribution in [-0.2, 0) is 0 Å². The number of rotatable bonds is 4. The molecule has 1 aliphatic heterocycles. The SMILES string of the molecule is COc1ccc(NC(=O)N2CC=C(c3c[nH]c4ccccc34)CC2)cc1OC. The van der Waals surface area contributed by atoms with Gasteiger partial charge in [0.1, 0.15) is 0 Å². The second kappa shape index (κ2) is 7.68. The van der Waals surface area contributed by atoms with Crippen molar-refractivity contribution in [2.45, 2.75) is 6.42 Å². The first-order chi connectivity index (χ1) is 13.7. The minimum absolute atomic E-state index is 0.124. The van der Waals surface area contributed by atoms with E-state index in [0.717, 1.165) is 11.9 Å². The Morgan fingerprint density at radius 2 is 1.93 bits per heavy atom. The Bertz CT molecular complexity index is 1040. The molecule has 6 heteroatoms. The third-order valence-corrected chi connectivity index (χ3v) is 5.07. The second-order valence-electron chi connectivity index (χ2n) is 6.67. The lowest BCUT2D eigenvalue weighted by atomic mass is 9.99. The van der Waals surface area contributed by atoms with E-state index in [9.17, 15) is 4.79 Å². The van der Waals surface area contributed by atoms with E-state index in [2.05, 4.69) is 34.7 Å². The van der Waals surface area contributed by atoms with E-state index >= 15 is 0 Å². The van der Waals surface area contributed by atoms with Crippen molar-refractivity contribution in [1.82, 2.24) is 9.88 Å². The number of anilines is 1. The zero-order valence-corrected chi connectivity index (χ0v) is 16.0. The van der Waals surface area contributed by atoms with Gasteiger partial charge in [-0.15, -0.1) is 0 Å². The molecule has 0 unspecified atom stereocenters. The molecular weight excluding hydrogens is 354 g/mol. The van der Waals surface area contributed by atoms with Gasteiger partial charge < -0.3 is 24.7 Å². The molecule has 1 aliphatic rings. The summed E-state index contributed by atoms with van der Waals surface area (Å²) in [5, 5.41) is 4.15. The standard InChI is InChI=1S/C22H23N3O3/c1-27-20-8-7-16(13-21(20)28-2)24-22(26)25-11-9-15(10-12-25)18-14-23-19-6-4-3-5-17(18)19/h3-9,13-14,23H,10-12H2,1-2H3,(H,24,26). The Morgan fingerprint density at radius 1 is 1.11 bits per heavy atom. The summed E-state index contributed by atoms with van der Waals surface area (Å²) in [7, 11) is 3.16. The normalized spacial score (nSPS) is 13.9. The number of amides is 2. The summed E-state index contributed by atoms with van der Waals surface area (Å²) in [6.07, 6.45) is 5.00. The van der Waals surface area contributed by atoms with Crippen molar-refractivity contribution in [3.05, 3.63) is 60.3 Å². The van der Waals surface area contributed by atoms with Gasteiger partial charge in [-0.05, 0) is 30.2 Å². The predicted molar refractivity (Wildman–Crippen MR) is 111 cm³/mol. The monoisotopic (exact) mass is 377 g/mol. The number of hydrogen-bond donors (Lipinski definition) is 2. The summed E-state index contributed by atoms with van der Waals surface area (Å²) >= 11 is 0. The van der Waals surface area contributed by atoms with Gasteiger partial charge in [-0.1, -0.05) is 24.3 Å². The minimum Gasteiger partial charge on any atom is -0.493 e. The maximum Gasteiger partial charge on any atom is 0.322 e. The Kier molecular flexibility index (Phi) is 4.93. The van der Waals surface area contributed by atoms with Crippen LogP contribution in [0.4, 0.5) is 10.5 Å². The van der Waals surface area contributed by atoms with Crippen LogP contribution in [0.2, 0.25) is 0 Å². The third-order valence-electron chi connectivity index (χ3n) is 5.07. The van der Waals surface area contributed by atoms with Gasteiger partial charge in [0.05, 0.1) is 14.2 Å². The highest BCUT2D eigenvalue weighted by atomic mass is 16.5. The number of hydrogen-bond acceptors (Lipinski definition) is 3. The number of carbonyl (C=O) groups is 1. The molecule has 0 radical (unpaired) electrons. The largest absolute Gasteiger partial charge is 0.493 e. The summed E-state index contributed by atoms with van der Waals surface area (Å²) in [5.41, 5.74) is 4.30. The molecule has 144 valence electrons. The highest BCUT2D eigenvalue weighted by Gasteiger charge is 2.20. The van der Waals surface area contributed by atoms with Crippen LogP contribution in [0.1, 0.15) is 12.0 Å². The van der Waals surface area contributed by atoms with Crippen LogP contribution in [0, 0.1) is 0 Å². The lowest BCUT2D eigenvalue weighted by molar-refractivity contribution is 0.217. The van der Waals surface area contributed by atoms with Crippen molar-refractivity contribution in [3.63, 3.8) is 0 Å². The Balaban J connectivity index is 1.45. The summed E-state index contributed by atoms with van der Waals surface area (Å²) in [6.45, 7) is 1.25. The molecule has 0 aliphatic carbocycles. The number of aromatic amines is 1. The fraction of sp³-hybridized carbons (Fsp3) is 0.227. The van der Waals surface area contributed by atoms with E-state index in [-0.39, 0.29) is 6.03 Å². The van der Waals surface area contributed by atoms with Crippen molar-refractivity contribution < 1.29 is 14.3 Å². The van der Waals surface area contributed by atoms with Gasteiger partial charge in [-0.2, -0.15) is 0 Å². The van der Waals surface area contributed by atoms with E-state index < -0.39 is 0 Å². The molecule has 6 nitrogen and oxygen atoms in total. The molecule has 0 saturated carbocycles. The Hall–Kier alpha value is -3.41. The zero-order chi connectivity index (χ0) is 19.5. The number of carbonyl (C=O) groups excluding carboxylic acids is 1. The van der Waals surface area contributed by atoms with Gasteiger partial charge in [0.2, 0.25) is 0 Å². The van der Waals surface area contributed by atoms with Crippen LogP contribution < -0.4 is 14.8 Å². The number of nitrogens with one attached hydrogen (secondary N) is 2. The fourth-order valence-electron chi connectivity index (χ4n) is 3.55. The average Bonchev–Trinajstić information content (AvgIpc) is 3.18. The van der Waals surface area contributed by atoms with Gasteiger partial charge in [-0.25, -0.2) is 4.79 Å². The van der Waals surface area contributed by atoms with Crippen molar-refractivity contribution in [1.29, 1.82) is 0 Å². The van der Waals surface area contributed by atoms with Crippen LogP contribution in [0.15, 0.2) is 54.7 Å². The summed E-state index contributed by atoms with van der Waals surface area (Å²) in [4.78, 5) is 17.8. The number of nitrogens with zero attached hydrogens (tertiary/aromatic N) is 1. The van der Waals surface area contributed by atoms with Gasteiger partial charge in [0.15, 0.2) is 11.5 Å². The topological polar surface area (TPSA) is 66.6 Å². The lowest BCUT2D eigenvalue weighted by Gasteiger charge is -2.26. The maximum absolute atomic E-state index is 12.6. The minimum atomic E-state index is -0.124. The van der Waals surface area contributed by atoms with Crippen molar-refractivity contribution in [2.75, 3.05) is 32.6 Å². The number of benzene rings is 2. The van der Waals surface area contributed by atoms with Crippen molar-refractivity contribution in [3.8, 4) is 11.5 Å². The first-order valence-electron chi connectivity index (χ1n) is 9.23. The van der Waals surface area contributed by atoms with Crippen LogP contribution in [0.25, 0.3) is 16.5 Å². The molecule has 2 heterocycles. The molecule has 3 aromatic rings. The van der Waals surface area contributed by atoms with E-state index in [1.807, 2.05) is 12.1 Å². The number of urea groups is 1. The molecule has 2 N–H and O–H groups in total. The van der Waals surface area contributed by atoms with Crippen LogP contribution >= 0.6 is 0 Å². The molecule has 0 bridgehead atoms. The molecule has 4 rings (SSSR count). The fourth-order valence-corrected chi connectivity index (χ4v) is 3.55. The molecular formula is C22H23N3O3. The summed E-state index contributed by atoms with van der Waals surface area (Å²) in [6, 6.07) is 13.5. The van der Waals surface area contributed by atoms with Crippen molar-refractivity contribution >= 4 is 28.2 Å². The smallest absolute Gasteiger partial charge is 0.322 e. The summed E-state index contributed by atoms with van der Waals surface area (Å²) < 4.78 is 10.5. The summed E-state index contributed by atoms with van der Waals surface area (Å²) in [5.74, 6) is 1.21. The number of para-hydroxylation sites is 1. The van der Waals surface area contributed by atoms with Crippen LogP contribution in [0.5, 0.6) is 11.5 Å². The zero-order valence-electron chi connectivity index (χ0n) is 16.0. The van der Waals surface area contributed by atoms with Crippen molar-refractivity contribution in [2.24, 2.45) is 0 Å². The van der Waals surface area contributed by atoms with E-state index in [4.69, 9.17) is 9.47 Å². The Morgan fingerprint density at radius 3 is 2.68 bits per heavy atom. The molecule has 0 saturated heterocycles. The molecule has 28 heavy (non-hydrogen) atoms. The van der Waals surface area contributed by atoms with Gasteiger partial charge in [0.25, 0.3) is 0 Å². The second-order valence-corrected chi connectivity index (χ2v) is 6.67. The average molecular weight is 377 g/mol. The third kappa shape index (κ3) is 3.41. The molecule has 1 aromatic heterocycles. The van der Waals surface area contributed by atoms with E-state index in [1.165, 1.54) is 16.5 Å². The van der Waals surface area contributed by atoms with Gasteiger partial charge >= 0.3 is 6.03 Å². The molecule has 0 spiro atoms. The molecule has 2 aromatic carbocycles. The van der Waals surface area contributed by atoms with Crippen LogP contribution in [-0.4, -0.2) is 43.2 Å². The number of fused-ring (bicyclic) bond motifs is 1. The number of ether oxygens (including phenoxy) is 2. The highest BCUT2D eigenvalue weighted by Crippen LogP contribution is 2.31. The predicted octanol–water partition coefficient (Wildman–Crippen LogP) is 4.51. The van der Waals surface area contributed by atoms with Gasteiger partial charge in [-0.3, -0.25) is 0 Å². The molecule has 2 amide bonds. The maximum atomic E-state index is 12.6. The first-order valence-corrected chi connectivity index (χ1v) is 9.23. The number of methoxy groups -OCH3 is 2. The highest BCUT2D eigenvalue weighted by molar-refractivity contribution is 5.94. The molecule has 0 fully saturated rings. The quantitative estimate of drug-likeness (QED) is 0.703. The van der Waals surface area contributed by atoms with E-state index in [1.54, 1.807) is 37.3 Å². The first kappa shape index (κ1) is 18.0.